The first-order valence-corrected chi connectivity index (χ1v) is 4.91. The minimum atomic E-state index is 0. The lowest BCUT2D eigenvalue weighted by molar-refractivity contribution is 0.520. The van der Waals surface area contributed by atoms with Gasteiger partial charge in [0.25, 0.3) is 0 Å². The summed E-state index contributed by atoms with van der Waals surface area (Å²) in [7, 11) is 0. The molecule has 2 saturated heterocycles. The summed E-state index contributed by atoms with van der Waals surface area (Å²) in [5.41, 5.74) is 0. The molecule has 0 aromatic carbocycles. The van der Waals surface area contributed by atoms with E-state index in [4.69, 9.17) is 0 Å². The van der Waals surface area contributed by atoms with Gasteiger partial charge in [-0.25, -0.2) is 0 Å². The molecule has 2 aliphatic heterocycles. The van der Waals surface area contributed by atoms with E-state index in [0.717, 1.165) is 0 Å². The first kappa shape index (κ1) is 11.9. The predicted molar refractivity (Wildman–Crippen MR) is 55.6 cm³/mol. The molecule has 74 valence electrons. The Labute approximate surface area is 77.1 Å². The molecule has 2 heteroatoms. The van der Waals surface area contributed by atoms with Gasteiger partial charge in [-0.1, -0.05) is 13.8 Å². The van der Waals surface area contributed by atoms with E-state index in [2.05, 4.69) is 10.6 Å². The Balaban J connectivity index is 0.000000189. The lowest BCUT2D eigenvalue weighted by atomic mass is 10.2. The fraction of sp³-hybridized carbons (Fsp3) is 1.00. The van der Waals surface area contributed by atoms with E-state index in [-0.39, 0.29) is 7.43 Å². The normalized spacial score (nSPS) is 22.0. The number of hydrogen-bond donors (Lipinski definition) is 2. The van der Waals surface area contributed by atoms with Gasteiger partial charge in [0.15, 0.2) is 0 Å². The largest absolute Gasteiger partial charge is 0.317 e. The zero-order chi connectivity index (χ0) is 7.78. The second-order valence-electron chi connectivity index (χ2n) is 3.27. The van der Waals surface area contributed by atoms with E-state index in [1.165, 1.54) is 58.3 Å². The maximum absolute atomic E-state index is 3.28. The quantitative estimate of drug-likeness (QED) is 0.582. The molecule has 0 bridgehead atoms. The van der Waals surface area contributed by atoms with Crippen LogP contribution in [0.1, 0.15) is 39.5 Å². The Kier molecular flexibility index (Phi) is 8.95. The molecule has 0 amide bonds. The van der Waals surface area contributed by atoms with Crippen LogP contribution in [0.4, 0.5) is 0 Å². The predicted octanol–water partition coefficient (Wildman–Crippen LogP) is 1.77. The van der Waals surface area contributed by atoms with E-state index in [9.17, 15) is 0 Å². The van der Waals surface area contributed by atoms with Crippen LogP contribution in [0.15, 0.2) is 0 Å². The van der Waals surface area contributed by atoms with Crippen LogP contribution in [-0.2, 0) is 0 Å². The first-order chi connectivity index (χ1) is 5.50. The Bertz CT molecular complexity index is 56.8. The number of nitrogens with one attached hydrogen (secondary N) is 2. The van der Waals surface area contributed by atoms with Crippen LogP contribution in [0, 0.1) is 0 Å². The van der Waals surface area contributed by atoms with Gasteiger partial charge in [-0.15, -0.1) is 0 Å². The molecule has 2 rings (SSSR count). The van der Waals surface area contributed by atoms with Gasteiger partial charge in [0.2, 0.25) is 0 Å². The van der Waals surface area contributed by atoms with Crippen molar-refractivity contribution >= 4 is 0 Å². The molecule has 2 N–H and O–H groups in total. The summed E-state index contributed by atoms with van der Waals surface area (Å²) in [5, 5.41) is 6.51. The minimum Gasteiger partial charge on any atom is -0.317 e. The molecule has 0 spiro atoms. The summed E-state index contributed by atoms with van der Waals surface area (Å²) >= 11 is 0. The van der Waals surface area contributed by atoms with Gasteiger partial charge in [-0.05, 0) is 51.9 Å². The third kappa shape index (κ3) is 6.62. The van der Waals surface area contributed by atoms with Crippen LogP contribution < -0.4 is 10.6 Å². The maximum atomic E-state index is 3.28. The molecule has 0 atom stereocenters. The fourth-order valence-corrected chi connectivity index (χ4v) is 1.43. The highest BCUT2D eigenvalue weighted by atomic mass is 14.9. The molecule has 0 aromatic rings. The molecule has 0 aromatic heterocycles. The van der Waals surface area contributed by atoms with E-state index in [1.807, 2.05) is 0 Å². The third-order valence-electron chi connectivity index (χ3n) is 2.16. The molecule has 2 heterocycles. The van der Waals surface area contributed by atoms with E-state index in [1.54, 1.807) is 0 Å². The molecular weight excluding hydrogens is 148 g/mol. The van der Waals surface area contributed by atoms with Crippen molar-refractivity contribution in [3.8, 4) is 0 Å². The van der Waals surface area contributed by atoms with Crippen molar-refractivity contribution in [2.75, 3.05) is 26.2 Å². The fourth-order valence-electron chi connectivity index (χ4n) is 1.43. The van der Waals surface area contributed by atoms with Crippen LogP contribution in [0.2, 0.25) is 0 Å². The molecule has 2 fully saturated rings. The zero-order valence-electron chi connectivity index (χ0n) is 7.36. The molecule has 2 nitrogen and oxygen atoms in total. The molecule has 0 unspecified atom stereocenters. The summed E-state index contributed by atoms with van der Waals surface area (Å²) in [6.07, 6.45) is 6.99. The maximum Gasteiger partial charge on any atom is -0.00484 e. The van der Waals surface area contributed by atoms with Crippen LogP contribution >= 0.6 is 0 Å². The second-order valence-corrected chi connectivity index (χ2v) is 3.27. The van der Waals surface area contributed by atoms with E-state index >= 15 is 0 Å². The van der Waals surface area contributed by atoms with Crippen molar-refractivity contribution in [3.63, 3.8) is 0 Å². The summed E-state index contributed by atoms with van der Waals surface area (Å²) in [6, 6.07) is 0. The topological polar surface area (TPSA) is 24.1 Å². The smallest absolute Gasteiger partial charge is 0.00484 e. The van der Waals surface area contributed by atoms with Gasteiger partial charge < -0.3 is 10.6 Å². The second kappa shape index (κ2) is 9.01. The number of piperidine rings is 1. The Morgan fingerprint density at radius 3 is 1.00 bits per heavy atom. The monoisotopic (exact) mass is 172 g/mol. The molecule has 0 radical (unpaired) electrons. The van der Waals surface area contributed by atoms with Crippen molar-refractivity contribution in [3.05, 3.63) is 0 Å². The van der Waals surface area contributed by atoms with Gasteiger partial charge in [0.05, 0.1) is 0 Å². The molecule has 2 aliphatic rings. The first-order valence-electron chi connectivity index (χ1n) is 4.91. The number of rotatable bonds is 0. The highest BCUT2D eigenvalue weighted by molar-refractivity contribution is 4.55. The third-order valence-corrected chi connectivity index (χ3v) is 2.16. The van der Waals surface area contributed by atoms with Gasteiger partial charge in [-0.2, -0.15) is 0 Å². The van der Waals surface area contributed by atoms with Crippen molar-refractivity contribution < 1.29 is 0 Å². The van der Waals surface area contributed by atoms with Crippen LogP contribution in [-0.4, -0.2) is 26.2 Å². The van der Waals surface area contributed by atoms with Gasteiger partial charge in [-0.3, -0.25) is 0 Å². The van der Waals surface area contributed by atoms with Crippen LogP contribution in [0.25, 0.3) is 0 Å². The number of hydrogen-bond acceptors (Lipinski definition) is 2. The summed E-state index contributed by atoms with van der Waals surface area (Å²) in [6.45, 7) is 5.00. The molecule has 12 heavy (non-hydrogen) atoms. The van der Waals surface area contributed by atoms with Gasteiger partial charge in [0, 0.05) is 0 Å². The SMILES string of the molecule is C.C1CCNC1.C1CCNCC1. The Morgan fingerprint density at radius 2 is 0.833 bits per heavy atom. The Morgan fingerprint density at radius 1 is 0.500 bits per heavy atom. The summed E-state index contributed by atoms with van der Waals surface area (Å²) in [5.74, 6) is 0. The van der Waals surface area contributed by atoms with Crippen molar-refractivity contribution in [2.45, 2.75) is 39.5 Å². The van der Waals surface area contributed by atoms with Crippen LogP contribution in [0.3, 0.4) is 0 Å². The summed E-state index contributed by atoms with van der Waals surface area (Å²) in [4.78, 5) is 0. The Hall–Kier alpha value is -0.0800. The van der Waals surface area contributed by atoms with Crippen LogP contribution in [0.5, 0.6) is 0 Å². The van der Waals surface area contributed by atoms with Crippen molar-refractivity contribution in [2.24, 2.45) is 0 Å². The molecular formula is C10H24N2. The molecule has 0 saturated carbocycles. The summed E-state index contributed by atoms with van der Waals surface area (Å²) < 4.78 is 0. The zero-order valence-corrected chi connectivity index (χ0v) is 7.36. The van der Waals surface area contributed by atoms with Crippen molar-refractivity contribution in [1.29, 1.82) is 0 Å². The highest BCUT2D eigenvalue weighted by Gasteiger charge is 1.94. The minimum absolute atomic E-state index is 0. The standard InChI is InChI=1S/C5H11N.C4H9N.CH4/c1-2-4-6-5-3-1;1-2-4-5-3-1;/h6H,1-5H2;5H,1-4H2;1H4. The lowest BCUT2D eigenvalue weighted by Gasteiger charge is -2.08. The average molecular weight is 172 g/mol. The van der Waals surface area contributed by atoms with Crippen molar-refractivity contribution in [1.82, 2.24) is 10.6 Å². The highest BCUT2D eigenvalue weighted by Crippen LogP contribution is 1.96. The van der Waals surface area contributed by atoms with Gasteiger partial charge >= 0.3 is 0 Å². The lowest BCUT2D eigenvalue weighted by Crippen LogP contribution is -2.21. The van der Waals surface area contributed by atoms with Gasteiger partial charge in [0.1, 0.15) is 0 Å². The van der Waals surface area contributed by atoms with E-state index in [0.29, 0.717) is 0 Å². The molecule has 0 aliphatic carbocycles. The average Bonchev–Trinajstić information content (AvgIpc) is 2.64. The van der Waals surface area contributed by atoms with E-state index < -0.39 is 0 Å².